The summed E-state index contributed by atoms with van der Waals surface area (Å²) in [5, 5.41) is 11.2. The smallest absolute Gasteiger partial charge is 0.295 e. The fourth-order valence-electron chi connectivity index (χ4n) is 4.51. The van der Waals surface area contributed by atoms with E-state index in [4.69, 9.17) is 14.2 Å². The maximum Gasteiger partial charge on any atom is 0.295 e. The highest BCUT2D eigenvalue weighted by Crippen LogP contribution is 2.40. The summed E-state index contributed by atoms with van der Waals surface area (Å²) in [6, 6.07) is 13.7. The van der Waals surface area contributed by atoms with E-state index in [9.17, 15) is 14.7 Å². The van der Waals surface area contributed by atoms with Crippen LogP contribution in [0.3, 0.4) is 0 Å². The Kier molecular flexibility index (Phi) is 6.02. The average molecular weight is 450 g/mol. The molecule has 2 fully saturated rings. The molecular weight excluding hydrogens is 424 g/mol. The topological polar surface area (TPSA) is 88.5 Å². The van der Waals surface area contributed by atoms with Crippen molar-refractivity contribution in [2.45, 2.75) is 6.04 Å². The van der Waals surface area contributed by atoms with Crippen LogP contribution in [0.5, 0.6) is 11.5 Å². The number of ether oxygens (including phenoxy) is 3. The first-order chi connectivity index (χ1) is 16.1. The number of fused-ring (bicyclic) bond motifs is 1. The number of carbonyl (C=O) groups is 2. The molecule has 8 heteroatoms. The third-order valence-corrected chi connectivity index (χ3v) is 6.23. The number of ketones is 1. The van der Waals surface area contributed by atoms with Gasteiger partial charge in [-0.25, -0.2) is 0 Å². The summed E-state index contributed by atoms with van der Waals surface area (Å²) in [6.07, 6.45) is 0. The van der Waals surface area contributed by atoms with Crippen LogP contribution in [0.15, 0.2) is 54.1 Å². The number of hydrogen-bond donors (Lipinski definition) is 1. The second kappa shape index (κ2) is 9.25. The van der Waals surface area contributed by atoms with Crippen LogP contribution in [0, 0.1) is 0 Å². The summed E-state index contributed by atoms with van der Waals surface area (Å²) in [6.45, 7) is 4.77. The van der Waals surface area contributed by atoms with Crippen LogP contribution in [0.1, 0.15) is 17.2 Å². The summed E-state index contributed by atoms with van der Waals surface area (Å²) in [4.78, 5) is 30.0. The van der Waals surface area contributed by atoms with Crippen molar-refractivity contribution in [3.63, 3.8) is 0 Å². The van der Waals surface area contributed by atoms with Gasteiger partial charge in [0.25, 0.3) is 11.7 Å². The molecule has 2 aromatic carbocycles. The van der Waals surface area contributed by atoms with Crippen molar-refractivity contribution < 1.29 is 28.9 Å². The monoisotopic (exact) mass is 450 g/mol. The molecule has 3 heterocycles. The number of hydrogen-bond acceptors (Lipinski definition) is 7. The molecule has 0 radical (unpaired) electrons. The van der Waals surface area contributed by atoms with E-state index >= 15 is 0 Å². The number of morpholine rings is 1. The Morgan fingerprint density at radius 3 is 2.39 bits per heavy atom. The van der Waals surface area contributed by atoms with Crippen molar-refractivity contribution in [3.05, 3.63) is 65.2 Å². The molecule has 3 aliphatic heterocycles. The van der Waals surface area contributed by atoms with Crippen LogP contribution in [0.2, 0.25) is 0 Å². The summed E-state index contributed by atoms with van der Waals surface area (Å²) in [7, 11) is 0. The van der Waals surface area contributed by atoms with Gasteiger partial charge in [0.1, 0.15) is 19.0 Å². The second-order valence-electron chi connectivity index (χ2n) is 8.22. The number of carbonyl (C=O) groups excluding carboxylic acids is 2. The highest BCUT2D eigenvalue weighted by atomic mass is 16.6. The molecule has 1 N–H and O–H groups in total. The minimum absolute atomic E-state index is 0.0878. The first kappa shape index (κ1) is 21.5. The van der Waals surface area contributed by atoms with Crippen LogP contribution in [0.4, 0.5) is 0 Å². The fraction of sp³-hybridized carbons (Fsp3) is 0.360. The van der Waals surface area contributed by atoms with Crippen LogP contribution in [-0.2, 0) is 14.3 Å². The summed E-state index contributed by atoms with van der Waals surface area (Å²) < 4.78 is 16.6. The van der Waals surface area contributed by atoms with Crippen molar-refractivity contribution >= 4 is 17.4 Å². The number of Topliss-reactive ketones (excluding diaryl/α,β-unsaturated/α-hetero) is 1. The summed E-state index contributed by atoms with van der Waals surface area (Å²) >= 11 is 0. The normalized spacial score (nSPS) is 22.5. The van der Waals surface area contributed by atoms with E-state index in [0.29, 0.717) is 56.6 Å². The van der Waals surface area contributed by atoms with E-state index in [0.717, 1.165) is 18.7 Å². The van der Waals surface area contributed by atoms with Crippen LogP contribution >= 0.6 is 0 Å². The molecule has 1 amide bonds. The van der Waals surface area contributed by atoms with Gasteiger partial charge in [0.2, 0.25) is 0 Å². The van der Waals surface area contributed by atoms with Crippen molar-refractivity contribution in [2.24, 2.45) is 0 Å². The first-order valence-corrected chi connectivity index (χ1v) is 11.2. The molecule has 1 unspecified atom stereocenters. The van der Waals surface area contributed by atoms with Gasteiger partial charge in [0.05, 0.1) is 24.8 Å². The highest BCUT2D eigenvalue weighted by Gasteiger charge is 2.46. The third-order valence-electron chi connectivity index (χ3n) is 6.23. The van der Waals surface area contributed by atoms with Crippen LogP contribution in [-0.4, -0.2) is 79.2 Å². The predicted molar refractivity (Wildman–Crippen MR) is 120 cm³/mol. The van der Waals surface area contributed by atoms with Crippen molar-refractivity contribution in [3.8, 4) is 11.5 Å². The standard InChI is InChI=1S/C25H26N2O6/c28-23(18-6-7-19-20(16-18)33-15-14-32-19)21-22(17-4-2-1-3-5-17)27(25(30)24(21)29)9-8-26-10-12-31-13-11-26/h1-7,16,22,28H,8-15H2/b23-21-. The molecule has 5 rings (SSSR count). The SMILES string of the molecule is O=C1C(=O)N(CCN2CCOCC2)C(c2ccccc2)/C1=C(/O)c1ccc2c(c1)OCCO2. The Hall–Kier alpha value is -3.36. The van der Waals surface area contributed by atoms with Crippen molar-refractivity contribution in [1.29, 1.82) is 0 Å². The van der Waals surface area contributed by atoms with E-state index in [1.54, 1.807) is 23.1 Å². The number of nitrogens with zero attached hydrogens (tertiary/aromatic N) is 2. The fourth-order valence-corrected chi connectivity index (χ4v) is 4.51. The number of amides is 1. The zero-order valence-electron chi connectivity index (χ0n) is 18.2. The minimum atomic E-state index is -0.682. The number of likely N-dealkylation sites (tertiary alicyclic amines) is 1. The predicted octanol–water partition coefficient (Wildman–Crippen LogP) is 2.21. The lowest BCUT2D eigenvalue weighted by Gasteiger charge is -2.31. The van der Waals surface area contributed by atoms with Gasteiger partial charge in [-0.2, -0.15) is 0 Å². The Morgan fingerprint density at radius 1 is 0.909 bits per heavy atom. The summed E-state index contributed by atoms with van der Waals surface area (Å²) in [5.74, 6) is -0.408. The molecule has 0 aromatic heterocycles. The van der Waals surface area contributed by atoms with Crippen molar-refractivity contribution in [2.75, 3.05) is 52.6 Å². The van der Waals surface area contributed by atoms with E-state index in [-0.39, 0.29) is 11.3 Å². The van der Waals surface area contributed by atoms with E-state index in [2.05, 4.69) is 4.90 Å². The highest BCUT2D eigenvalue weighted by molar-refractivity contribution is 6.46. The lowest BCUT2D eigenvalue weighted by Crippen LogP contribution is -2.42. The molecule has 3 aliphatic rings. The molecular formula is C25H26N2O6. The van der Waals surface area contributed by atoms with Gasteiger partial charge < -0.3 is 24.2 Å². The van der Waals surface area contributed by atoms with Crippen molar-refractivity contribution in [1.82, 2.24) is 9.80 Å². The van der Waals surface area contributed by atoms with Gasteiger partial charge >= 0.3 is 0 Å². The van der Waals surface area contributed by atoms with E-state index < -0.39 is 17.7 Å². The number of benzene rings is 2. The Bertz CT molecular complexity index is 1080. The molecule has 172 valence electrons. The largest absolute Gasteiger partial charge is 0.507 e. The van der Waals surface area contributed by atoms with Gasteiger partial charge in [-0.05, 0) is 23.8 Å². The molecule has 1 atom stereocenters. The Morgan fingerprint density at radius 2 is 1.64 bits per heavy atom. The molecule has 8 nitrogen and oxygen atoms in total. The molecule has 33 heavy (non-hydrogen) atoms. The van der Waals surface area contributed by atoms with E-state index in [1.807, 2.05) is 30.3 Å². The third kappa shape index (κ3) is 4.19. The van der Waals surface area contributed by atoms with Gasteiger partial charge in [-0.1, -0.05) is 30.3 Å². The zero-order valence-corrected chi connectivity index (χ0v) is 18.2. The second-order valence-corrected chi connectivity index (χ2v) is 8.22. The lowest BCUT2D eigenvalue weighted by molar-refractivity contribution is -0.140. The lowest BCUT2D eigenvalue weighted by atomic mass is 9.95. The minimum Gasteiger partial charge on any atom is -0.507 e. The molecule has 0 saturated carbocycles. The molecule has 0 aliphatic carbocycles. The van der Waals surface area contributed by atoms with Gasteiger partial charge in [-0.15, -0.1) is 0 Å². The Labute approximate surface area is 192 Å². The summed E-state index contributed by atoms with van der Waals surface area (Å²) in [5.41, 5.74) is 1.27. The maximum atomic E-state index is 13.2. The maximum absolute atomic E-state index is 13.2. The first-order valence-electron chi connectivity index (χ1n) is 11.2. The number of aliphatic hydroxyl groups is 1. The zero-order chi connectivity index (χ0) is 22.8. The average Bonchev–Trinajstić information content (AvgIpc) is 3.12. The van der Waals surface area contributed by atoms with Crippen LogP contribution < -0.4 is 9.47 Å². The van der Waals surface area contributed by atoms with Gasteiger partial charge in [-0.3, -0.25) is 14.5 Å². The number of aliphatic hydroxyl groups excluding tert-OH is 1. The molecule has 0 bridgehead atoms. The van der Waals surface area contributed by atoms with Gasteiger partial charge in [0.15, 0.2) is 11.5 Å². The van der Waals surface area contributed by atoms with E-state index in [1.165, 1.54) is 0 Å². The van der Waals surface area contributed by atoms with Gasteiger partial charge in [0, 0.05) is 31.7 Å². The molecule has 2 aromatic rings. The quantitative estimate of drug-likeness (QED) is 0.425. The number of rotatable bonds is 5. The van der Waals surface area contributed by atoms with Crippen LogP contribution in [0.25, 0.3) is 5.76 Å². The Balaban J connectivity index is 1.52. The molecule has 2 saturated heterocycles. The molecule has 0 spiro atoms.